The molecule has 0 fully saturated rings. The Morgan fingerprint density at radius 3 is 2.50 bits per heavy atom. The maximum atomic E-state index is 11.9. The van der Waals surface area contributed by atoms with Crippen LogP contribution in [-0.4, -0.2) is 23.5 Å². The number of carbonyl (C=O) groups excluding carboxylic acids is 1. The average molecular weight is 301 g/mol. The van der Waals surface area contributed by atoms with Crippen LogP contribution in [0.15, 0.2) is 40.8 Å². The quantitative estimate of drug-likeness (QED) is 0.770. The number of carboxylic acid groups (broad SMARTS) is 1. The Labute approximate surface area is 129 Å². The van der Waals surface area contributed by atoms with Gasteiger partial charge in [0.25, 0.3) is 5.91 Å². The second-order valence-corrected chi connectivity index (χ2v) is 4.97. The highest BCUT2D eigenvalue weighted by atomic mass is 16.4. The molecule has 5 heteroatoms. The van der Waals surface area contributed by atoms with Crippen molar-refractivity contribution in [1.29, 1.82) is 0 Å². The number of nitrogens with one attached hydrogen (secondary N) is 1. The molecule has 0 unspecified atom stereocenters. The van der Waals surface area contributed by atoms with Crippen molar-refractivity contribution in [2.45, 2.75) is 26.2 Å². The number of carboxylic acids is 1. The van der Waals surface area contributed by atoms with E-state index in [2.05, 4.69) is 12.2 Å². The van der Waals surface area contributed by atoms with E-state index >= 15 is 0 Å². The third-order valence-electron chi connectivity index (χ3n) is 3.33. The van der Waals surface area contributed by atoms with Crippen LogP contribution >= 0.6 is 0 Å². The summed E-state index contributed by atoms with van der Waals surface area (Å²) in [4.78, 5) is 22.3. The van der Waals surface area contributed by atoms with Crippen molar-refractivity contribution in [2.75, 3.05) is 6.54 Å². The number of amides is 1. The average Bonchev–Trinajstić information content (AvgIpc) is 3.01. The Hall–Kier alpha value is -2.56. The van der Waals surface area contributed by atoms with Gasteiger partial charge >= 0.3 is 5.97 Å². The summed E-state index contributed by atoms with van der Waals surface area (Å²) >= 11 is 0. The summed E-state index contributed by atoms with van der Waals surface area (Å²) in [6.07, 6.45) is 1.41. The van der Waals surface area contributed by atoms with Crippen molar-refractivity contribution in [3.63, 3.8) is 0 Å². The topological polar surface area (TPSA) is 79.5 Å². The first-order valence-corrected chi connectivity index (χ1v) is 7.29. The van der Waals surface area contributed by atoms with Gasteiger partial charge in [-0.1, -0.05) is 31.2 Å². The Balaban J connectivity index is 1.95. The van der Waals surface area contributed by atoms with Crippen LogP contribution in [-0.2, 0) is 11.2 Å². The number of furan rings is 1. The van der Waals surface area contributed by atoms with E-state index in [1.54, 1.807) is 12.1 Å². The zero-order chi connectivity index (χ0) is 15.9. The summed E-state index contributed by atoms with van der Waals surface area (Å²) in [5, 5.41) is 11.2. The van der Waals surface area contributed by atoms with Crippen LogP contribution < -0.4 is 5.32 Å². The first kappa shape index (κ1) is 15.8. The predicted molar refractivity (Wildman–Crippen MR) is 82.7 cm³/mol. The summed E-state index contributed by atoms with van der Waals surface area (Å²) in [5.41, 5.74) is 2.16. The highest BCUT2D eigenvalue weighted by molar-refractivity contribution is 5.92. The molecule has 2 rings (SSSR count). The Morgan fingerprint density at radius 1 is 1.14 bits per heavy atom. The second kappa shape index (κ2) is 7.45. The molecular weight excluding hydrogens is 282 g/mol. The molecule has 116 valence electrons. The number of aryl methyl sites for hydroxylation is 1. The van der Waals surface area contributed by atoms with E-state index in [1.165, 1.54) is 5.56 Å². The van der Waals surface area contributed by atoms with Gasteiger partial charge in [-0.15, -0.1) is 0 Å². The van der Waals surface area contributed by atoms with Crippen molar-refractivity contribution in [3.05, 3.63) is 47.7 Å². The fourth-order valence-electron chi connectivity index (χ4n) is 2.05. The van der Waals surface area contributed by atoms with Crippen LogP contribution in [0.4, 0.5) is 0 Å². The predicted octanol–water partition coefficient (Wildman–Crippen LogP) is 3.10. The monoisotopic (exact) mass is 301 g/mol. The van der Waals surface area contributed by atoms with Crippen molar-refractivity contribution >= 4 is 11.9 Å². The highest BCUT2D eigenvalue weighted by Gasteiger charge is 2.11. The molecule has 1 aromatic heterocycles. The normalized spacial score (nSPS) is 10.4. The largest absolute Gasteiger partial charge is 0.481 e. The number of carbonyl (C=O) groups is 2. The maximum absolute atomic E-state index is 11.9. The lowest BCUT2D eigenvalue weighted by Crippen LogP contribution is -2.24. The van der Waals surface area contributed by atoms with E-state index in [0.717, 1.165) is 12.0 Å². The van der Waals surface area contributed by atoms with Gasteiger partial charge in [0.2, 0.25) is 0 Å². The molecule has 2 aromatic rings. The van der Waals surface area contributed by atoms with Crippen LogP contribution in [0.25, 0.3) is 11.3 Å². The lowest BCUT2D eigenvalue weighted by atomic mass is 10.1. The van der Waals surface area contributed by atoms with E-state index in [0.29, 0.717) is 18.7 Å². The van der Waals surface area contributed by atoms with E-state index < -0.39 is 5.97 Å². The number of hydrogen-bond donors (Lipinski definition) is 2. The molecule has 0 atom stereocenters. The van der Waals surface area contributed by atoms with Gasteiger partial charge in [0, 0.05) is 18.5 Å². The van der Waals surface area contributed by atoms with Crippen molar-refractivity contribution in [1.82, 2.24) is 5.32 Å². The summed E-state index contributed by atoms with van der Waals surface area (Å²) in [6.45, 7) is 2.40. The third kappa shape index (κ3) is 4.22. The lowest BCUT2D eigenvalue weighted by molar-refractivity contribution is -0.137. The molecule has 0 bridgehead atoms. The molecule has 1 amide bonds. The van der Waals surface area contributed by atoms with Gasteiger partial charge in [0.05, 0.1) is 0 Å². The zero-order valence-corrected chi connectivity index (χ0v) is 12.5. The van der Waals surface area contributed by atoms with Crippen LogP contribution in [0.1, 0.15) is 35.9 Å². The summed E-state index contributed by atoms with van der Waals surface area (Å²) < 4.78 is 5.55. The van der Waals surface area contributed by atoms with Gasteiger partial charge in [-0.2, -0.15) is 0 Å². The number of aliphatic carboxylic acids is 1. The third-order valence-corrected chi connectivity index (χ3v) is 3.33. The number of hydrogen-bond acceptors (Lipinski definition) is 3. The Morgan fingerprint density at radius 2 is 1.86 bits per heavy atom. The summed E-state index contributed by atoms with van der Waals surface area (Å²) in [6, 6.07) is 11.4. The van der Waals surface area contributed by atoms with Crippen molar-refractivity contribution < 1.29 is 19.1 Å². The molecule has 0 aliphatic heterocycles. The van der Waals surface area contributed by atoms with Gasteiger partial charge in [-0.3, -0.25) is 9.59 Å². The van der Waals surface area contributed by atoms with E-state index in [9.17, 15) is 9.59 Å². The first-order chi connectivity index (χ1) is 10.6. The van der Waals surface area contributed by atoms with E-state index in [1.807, 2.05) is 24.3 Å². The highest BCUT2D eigenvalue weighted by Crippen LogP contribution is 2.22. The van der Waals surface area contributed by atoms with Crippen molar-refractivity contribution in [3.8, 4) is 11.3 Å². The molecule has 1 heterocycles. The SMILES string of the molecule is CCc1ccc(-c2ccc(C(=O)NCCCC(=O)O)o2)cc1. The van der Waals surface area contributed by atoms with Crippen LogP contribution in [0.3, 0.4) is 0 Å². The summed E-state index contributed by atoms with van der Waals surface area (Å²) in [5.74, 6) is -0.338. The first-order valence-electron chi connectivity index (χ1n) is 7.29. The minimum atomic E-state index is -0.870. The lowest BCUT2D eigenvalue weighted by Gasteiger charge is -2.02. The molecule has 5 nitrogen and oxygen atoms in total. The standard InChI is InChI=1S/C17H19NO4/c1-2-12-5-7-13(8-6-12)14-9-10-15(22-14)17(21)18-11-3-4-16(19)20/h5-10H,2-4,11H2,1H3,(H,18,21)(H,19,20). The Bertz CT molecular complexity index is 643. The second-order valence-electron chi connectivity index (χ2n) is 4.97. The van der Waals surface area contributed by atoms with Crippen molar-refractivity contribution in [2.24, 2.45) is 0 Å². The van der Waals surface area contributed by atoms with Gasteiger partial charge in [-0.05, 0) is 30.5 Å². The van der Waals surface area contributed by atoms with Gasteiger partial charge < -0.3 is 14.8 Å². The van der Waals surface area contributed by atoms with Gasteiger partial charge in [-0.25, -0.2) is 0 Å². The molecule has 0 spiro atoms. The molecule has 22 heavy (non-hydrogen) atoms. The number of benzene rings is 1. The minimum Gasteiger partial charge on any atom is -0.481 e. The molecule has 0 aliphatic rings. The maximum Gasteiger partial charge on any atom is 0.303 e. The fraction of sp³-hybridized carbons (Fsp3) is 0.294. The van der Waals surface area contributed by atoms with Crippen LogP contribution in [0.5, 0.6) is 0 Å². The van der Waals surface area contributed by atoms with Gasteiger partial charge in [0.15, 0.2) is 5.76 Å². The smallest absolute Gasteiger partial charge is 0.303 e. The molecular formula is C17H19NO4. The molecule has 0 saturated heterocycles. The Kier molecular flexibility index (Phi) is 5.36. The molecule has 0 aliphatic carbocycles. The number of rotatable bonds is 7. The molecule has 0 radical (unpaired) electrons. The van der Waals surface area contributed by atoms with E-state index in [4.69, 9.17) is 9.52 Å². The van der Waals surface area contributed by atoms with Crippen LogP contribution in [0.2, 0.25) is 0 Å². The van der Waals surface area contributed by atoms with Gasteiger partial charge in [0.1, 0.15) is 5.76 Å². The minimum absolute atomic E-state index is 0.0352. The zero-order valence-electron chi connectivity index (χ0n) is 12.5. The molecule has 0 saturated carbocycles. The van der Waals surface area contributed by atoms with Crippen LogP contribution in [0, 0.1) is 0 Å². The fourth-order valence-corrected chi connectivity index (χ4v) is 2.05. The van der Waals surface area contributed by atoms with E-state index in [-0.39, 0.29) is 18.1 Å². The molecule has 2 N–H and O–H groups in total. The molecule has 1 aromatic carbocycles. The summed E-state index contributed by atoms with van der Waals surface area (Å²) in [7, 11) is 0.